The molecule has 2 amide bonds. The maximum atomic E-state index is 12.9. The van der Waals surface area contributed by atoms with E-state index >= 15 is 0 Å². The molecule has 0 spiro atoms. The number of amides is 2. The van der Waals surface area contributed by atoms with Gasteiger partial charge in [0.05, 0.1) is 12.0 Å². The Bertz CT molecular complexity index is 929. The fourth-order valence-electron chi connectivity index (χ4n) is 2.92. The standard InChI is InChI=1S/C22H27N3O6/c1-5-23-22(27)16(3)24(13-17-8-6-15(2)7-9-17)21(26)14-31-18-10-11-19(25(28)29)20(12-18)30-4/h6-12,16H,5,13-14H2,1-4H3,(H,23,27). The lowest BCUT2D eigenvalue weighted by molar-refractivity contribution is -0.385. The number of hydrogen-bond acceptors (Lipinski definition) is 6. The second-order valence-electron chi connectivity index (χ2n) is 6.96. The van der Waals surface area contributed by atoms with E-state index in [1.165, 1.54) is 30.2 Å². The Morgan fingerprint density at radius 2 is 1.87 bits per heavy atom. The quantitative estimate of drug-likeness (QED) is 0.459. The number of ether oxygens (including phenoxy) is 2. The molecule has 9 heteroatoms. The minimum Gasteiger partial charge on any atom is -0.490 e. The van der Waals surface area contributed by atoms with Crippen molar-refractivity contribution in [1.82, 2.24) is 10.2 Å². The van der Waals surface area contributed by atoms with Gasteiger partial charge in [0.25, 0.3) is 5.91 Å². The van der Waals surface area contributed by atoms with Gasteiger partial charge in [-0.05, 0) is 32.4 Å². The number of nitro groups is 1. The fourth-order valence-corrected chi connectivity index (χ4v) is 2.92. The van der Waals surface area contributed by atoms with Crippen LogP contribution in [0.1, 0.15) is 25.0 Å². The molecule has 0 saturated heterocycles. The summed E-state index contributed by atoms with van der Waals surface area (Å²) in [6.07, 6.45) is 0. The third-order valence-corrected chi connectivity index (χ3v) is 4.70. The number of carbonyl (C=O) groups excluding carboxylic acids is 2. The first-order valence-corrected chi connectivity index (χ1v) is 9.84. The molecular weight excluding hydrogens is 402 g/mol. The molecule has 0 radical (unpaired) electrons. The first-order chi connectivity index (χ1) is 14.8. The molecule has 2 aromatic rings. The zero-order valence-electron chi connectivity index (χ0n) is 18.1. The third kappa shape index (κ3) is 6.43. The van der Waals surface area contributed by atoms with Gasteiger partial charge < -0.3 is 19.7 Å². The number of rotatable bonds is 10. The highest BCUT2D eigenvalue weighted by Crippen LogP contribution is 2.30. The maximum absolute atomic E-state index is 12.9. The highest BCUT2D eigenvalue weighted by atomic mass is 16.6. The Balaban J connectivity index is 2.17. The van der Waals surface area contributed by atoms with Gasteiger partial charge >= 0.3 is 5.69 Å². The molecule has 2 aromatic carbocycles. The summed E-state index contributed by atoms with van der Waals surface area (Å²) in [6.45, 7) is 5.79. The van der Waals surface area contributed by atoms with Crippen molar-refractivity contribution >= 4 is 17.5 Å². The average molecular weight is 429 g/mol. The molecule has 0 bridgehead atoms. The monoisotopic (exact) mass is 429 g/mol. The molecule has 0 heterocycles. The summed E-state index contributed by atoms with van der Waals surface area (Å²) < 4.78 is 10.6. The predicted octanol–water partition coefficient (Wildman–Crippen LogP) is 2.84. The summed E-state index contributed by atoms with van der Waals surface area (Å²) in [6, 6.07) is 11.0. The van der Waals surface area contributed by atoms with Crippen molar-refractivity contribution in [2.45, 2.75) is 33.4 Å². The van der Waals surface area contributed by atoms with Crippen LogP contribution in [0.4, 0.5) is 5.69 Å². The number of carbonyl (C=O) groups is 2. The van der Waals surface area contributed by atoms with Crippen molar-refractivity contribution in [1.29, 1.82) is 0 Å². The number of methoxy groups -OCH3 is 1. The number of nitrogens with zero attached hydrogens (tertiary/aromatic N) is 2. The van der Waals surface area contributed by atoms with Crippen molar-refractivity contribution in [2.75, 3.05) is 20.3 Å². The van der Waals surface area contributed by atoms with Crippen LogP contribution in [-0.4, -0.2) is 47.9 Å². The SMILES string of the molecule is CCNC(=O)C(C)N(Cc1ccc(C)cc1)C(=O)COc1ccc([N+](=O)[O-])c(OC)c1. The lowest BCUT2D eigenvalue weighted by atomic mass is 10.1. The minimum atomic E-state index is -0.705. The van der Waals surface area contributed by atoms with Crippen LogP contribution in [0.5, 0.6) is 11.5 Å². The molecule has 0 fully saturated rings. The number of nitro benzene ring substituents is 1. The van der Waals surface area contributed by atoms with Crippen LogP contribution in [0.15, 0.2) is 42.5 Å². The Hall–Kier alpha value is -3.62. The molecule has 9 nitrogen and oxygen atoms in total. The Morgan fingerprint density at radius 1 is 1.19 bits per heavy atom. The number of aryl methyl sites for hydroxylation is 1. The average Bonchev–Trinajstić information content (AvgIpc) is 2.76. The van der Waals surface area contributed by atoms with E-state index in [2.05, 4.69) is 5.32 Å². The fraction of sp³-hybridized carbons (Fsp3) is 0.364. The van der Waals surface area contributed by atoms with E-state index in [9.17, 15) is 19.7 Å². The Kier molecular flexibility index (Phi) is 8.36. The second kappa shape index (κ2) is 11.0. The van der Waals surface area contributed by atoms with Crippen molar-refractivity contribution in [3.63, 3.8) is 0 Å². The topological polar surface area (TPSA) is 111 Å². The van der Waals surface area contributed by atoms with Gasteiger partial charge in [-0.15, -0.1) is 0 Å². The van der Waals surface area contributed by atoms with Crippen molar-refractivity contribution in [3.8, 4) is 11.5 Å². The summed E-state index contributed by atoms with van der Waals surface area (Å²) >= 11 is 0. The molecule has 0 aliphatic heterocycles. The van der Waals surface area contributed by atoms with Gasteiger partial charge in [0.2, 0.25) is 11.7 Å². The zero-order valence-corrected chi connectivity index (χ0v) is 18.1. The summed E-state index contributed by atoms with van der Waals surface area (Å²) in [7, 11) is 1.31. The number of nitrogens with one attached hydrogen (secondary N) is 1. The van der Waals surface area contributed by atoms with Crippen LogP contribution in [0.25, 0.3) is 0 Å². The van der Waals surface area contributed by atoms with Gasteiger partial charge in [-0.25, -0.2) is 0 Å². The van der Waals surface area contributed by atoms with Crippen molar-refractivity contribution < 1.29 is 24.0 Å². The van der Waals surface area contributed by atoms with Crippen molar-refractivity contribution in [2.24, 2.45) is 0 Å². The van der Waals surface area contributed by atoms with E-state index < -0.39 is 16.9 Å². The van der Waals surface area contributed by atoms with Crippen LogP contribution >= 0.6 is 0 Å². The van der Waals surface area contributed by atoms with Crippen LogP contribution in [-0.2, 0) is 16.1 Å². The molecule has 1 atom stereocenters. The van der Waals surface area contributed by atoms with E-state index in [-0.39, 0.29) is 36.2 Å². The molecule has 0 aliphatic carbocycles. The minimum absolute atomic E-state index is 0.0298. The van der Waals surface area contributed by atoms with Crippen molar-refractivity contribution in [3.05, 3.63) is 63.7 Å². The molecular formula is C22H27N3O6. The summed E-state index contributed by atoms with van der Waals surface area (Å²) in [5.74, 6) is -0.379. The molecule has 31 heavy (non-hydrogen) atoms. The van der Waals surface area contributed by atoms with Crippen LogP contribution in [0.3, 0.4) is 0 Å². The third-order valence-electron chi connectivity index (χ3n) is 4.70. The molecule has 0 aromatic heterocycles. The Morgan fingerprint density at radius 3 is 2.45 bits per heavy atom. The van der Waals surface area contributed by atoms with E-state index in [0.717, 1.165) is 11.1 Å². The lowest BCUT2D eigenvalue weighted by Crippen LogP contribution is -2.49. The molecule has 2 rings (SSSR count). The summed E-state index contributed by atoms with van der Waals surface area (Å²) in [5.41, 5.74) is 1.77. The van der Waals surface area contributed by atoms with E-state index in [0.29, 0.717) is 6.54 Å². The van der Waals surface area contributed by atoms with Crippen LogP contribution in [0.2, 0.25) is 0 Å². The zero-order chi connectivity index (χ0) is 23.0. The molecule has 166 valence electrons. The summed E-state index contributed by atoms with van der Waals surface area (Å²) in [4.78, 5) is 37.2. The van der Waals surface area contributed by atoms with Gasteiger partial charge in [0, 0.05) is 25.2 Å². The number of likely N-dealkylation sites (N-methyl/N-ethyl adjacent to an activating group) is 1. The maximum Gasteiger partial charge on any atom is 0.311 e. The largest absolute Gasteiger partial charge is 0.490 e. The predicted molar refractivity (Wildman–Crippen MR) is 115 cm³/mol. The van der Waals surface area contributed by atoms with Gasteiger partial charge in [0.1, 0.15) is 11.8 Å². The molecule has 0 saturated carbocycles. The highest BCUT2D eigenvalue weighted by Gasteiger charge is 2.26. The highest BCUT2D eigenvalue weighted by molar-refractivity contribution is 5.87. The summed E-state index contributed by atoms with van der Waals surface area (Å²) in [5, 5.41) is 13.7. The number of hydrogen-bond donors (Lipinski definition) is 1. The van der Waals surface area contributed by atoms with Crippen LogP contribution < -0.4 is 14.8 Å². The van der Waals surface area contributed by atoms with Crippen LogP contribution in [0, 0.1) is 17.0 Å². The first-order valence-electron chi connectivity index (χ1n) is 9.84. The number of benzene rings is 2. The molecule has 1 N–H and O–H groups in total. The van der Waals surface area contributed by atoms with Gasteiger partial charge in [-0.2, -0.15) is 0 Å². The lowest BCUT2D eigenvalue weighted by Gasteiger charge is -2.28. The van der Waals surface area contributed by atoms with E-state index in [1.54, 1.807) is 6.92 Å². The molecule has 0 aliphatic rings. The molecule has 1 unspecified atom stereocenters. The van der Waals surface area contributed by atoms with E-state index in [4.69, 9.17) is 9.47 Å². The van der Waals surface area contributed by atoms with Gasteiger partial charge in [-0.1, -0.05) is 29.8 Å². The normalized spacial score (nSPS) is 11.4. The van der Waals surface area contributed by atoms with Gasteiger partial charge in [-0.3, -0.25) is 19.7 Å². The second-order valence-corrected chi connectivity index (χ2v) is 6.96. The first kappa shape index (κ1) is 23.7. The van der Waals surface area contributed by atoms with Gasteiger partial charge in [0.15, 0.2) is 6.61 Å². The smallest absolute Gasteiger partial charge is 0.311 e. The van der Waals surface area contributed by atoms with E-state index in [1.807, 2.05) is 38.1 Å². The Labute approximate surface area is 181 Å².